The van der Waals surface area contributed by atoms with E-state index in [1.165, 1.54) is 5.57 Å². The van der Waals surface area contributed by atoms with Crippen LogP contribution in [0, 0.1) is 0 Å². The normalized spacial score (nSPS) is 17.0. The highest BCUT2D eigenvalue weighted by Crippen LogP contribution is 2.21. The maximum absolute atomic E-state index is 4.07. The van der Waals surface area contributed by atoms with Gasteiger partial charge in [0.15, 0.2) is 0 Å². The summed E-state index contributed by atoms with van der Waals surface area (Å²) in [5, 5.41) is 0. The van der Waals surface area contributed by atoms with Crippen LogP contribution in [0.2, 0.25) is 0 Å². The highest BCUT2D eigenvalue weighted by Gasteiger charge is 2.02. The van der Waals surface area contributed by atoms with Crippen molar-refractivity contribution >= 4 is 0 Å². The average molecular weight is 206 g/mol. The molecular formula is C16H14. The second-order valence-corrected chi connectivity index (χ2v) is 3.87. The topological polar surface area (TPSA) is 0 Å². The Labute approximate surface area is 96.7 Å². The lowest BCUT2D eigenvalue weighted by Gasteiger charge is -2.08. The molecule has 0 heteroatoms. The molecule has 0 aromatic carbocycles. The first-order valence-electron chi connectivity index (χ1n) is 5.41. The van der Waals surface area contributed by atoms with Crippen LogP contribution < -0.4 is 0 Å². The molecule has 78 valence electrons. The zero-order valence-corrected chi connectivity index (χ0v) is 9.29. The molecule has 0 aromatic heterocycles. The molecule has 2 aliphatic carbocycles. The van der Waals surface area contributed by atoms with E-state index >= 15 is 0 Å². The first kappa shape index (κ1) is 10.5. The molecule has 2 rings (SSSR count). The minimum absolute atomic E-state index is 0.965. The first-order chi connectivity index (χ1) is 7.77. The van der Waals surface area contributed by atoms with Crippen molar-refractivity contribution < 1.29 is 0 Å². The number of hydrogen-bond donors (Lipinski definition) is 0. The molecule has 0 fully saturated rings. The fraction of sp³-hybridized carbons (Fsp3) is 0.125. The molecule has 0 bridgehead atoms. The van der Waals surface area contributed by atoms with Crippen LogP contribution >= 0.6 is 0 Å². The molecule has 0 aromatic rings. The van der Waals surface area contributed by atoms with E-state index in [2.05, 4.69) is 42.8 Å². The van der Waals surface area contributed by atoms with Crippen LogP contribution in [0.5, 0.6) is 0 Å². The molecule has 0 amide bonds. The molecular weight excluding hydrogens is 192 g/mol. The average Bonchev–Trinajstić information content (AvgIpc) is 2.25. The van der Waals surface area contributed by atoms with Gasteiger partial charge in [-0.2, -0.15) is 0 Å². The summed E-state index contributed by atoms with van der Waals surface area (Å²) >= 11 is 0. The van der Waals surface area contributed by atoms with E-state index in [0.717, 1.165) is 29.6 Å². The zero-order valence-electron chi connectivity index (χ0n) is 9.29. The maximum atomic E-state index is 4.07. The Hall–Kier alpha value is -2.00. The lowest BCUT2D eigenvalue weighted by Crippen LogP contribution is -1.89. The van der Waals surface area contributed by atoms with Gasteiger partial charge in [-0.05, 0) is 29.6 Å². The van der Waals surface area contributed by atoms with Crippen LogP contribution in [-0.2, 0) is 0 Å². The molecule has 0 aliphatic heterocycles. The summed E-state index contributed by atoms with van der Waals surface area (Å²) in [5.41, 5.74) is 10.2. The molecule has 0 saturated heterocycles. The Kier molecular flexibility index (Phi) is 3.08. The Morgan fingerprint density at radius 2 is 2.00 bits per heavy atom. The molecule has 0 unspecified atom stereocenters. The Morgan fingerprint density at radius 1 is 1.25 bits per heavy atom. The molecule has 0 heterocycles. The molecule has 0 nitrogen and oxygen atoms in total. The summed E-state index contributed by atoms with van der Waals surface area (Å²) in [7, 11) is 0. The Morgan fingerprint density at radius 3 is 2.56 bits per heavy atom. The quantitative estimate of drug-likeness (QED) is 0.478. The van der Waals surface area contributed by atoms with Gasteiger partial charge in [0, 0.05) is 11.6 Å². The van der Waals surface area contributed by atoms with Gasteiger partial charge in [-0.15, -0.1) is 0 Å². The summed E-state index contributed by atoms with van der Waals surface area (Å²) in [6, 6.07) is 0. The van der Waals surface area contributed by atoms with Crippen molar-refractivity contribution in [3.63, 3.8) is 0 Å². The highest BCUT2D eigenvalue weighted by atomic mass is 14.1. The van der Waals surface area contributed by atoms with Gasteiger partial charge in [-0.1, -0.05) is 55.0 Å². The fourth-order valence-electron chi connectivity index (χ4n) is 1.59. The van der Waals surface area contributed by atoms with Crippen LogP contribution in [0.4, 0.5) is 0 Å². The maximum Gasteiger partial charge on any atom is 0.0398 e. The first-order valence-corrected chi connectivity index (χ1v) is 5.41. The third-order valence-corrected chi connectivity index (χ3v) is 2.68. The van der Waals surface area contributed by atoms with Gasteiger partial charge >= 0.3 is 0 Å². The van der Waals surface area contributed by atoms with Gasteiger partial charge in [0.05, 0.1) is 0 Å². The van der Waals surface area contributed by atoms with Gasteiger partial charge < -0.3 is 0 Å². The minimum Gasteiger partial charge on any atom is -0.0915 e. The second-order valence-electron chi connectivity index (χ2n) is 3.87. The molecule has 16 heavy (non-hydrogen) atoms. The number of hydrogen-bond acceptors (Lipinski definition) is 0. The van der Waals surface area contributed by atoms with E-state index in [0.29, 0.717) is 0 Å². The van der Waals surface area contributed by atoms with Gasteiger partial charge in [0.1, 0.15) is 0 Å². The SMILES string of the molecule is C=C(/C=C\C(=C)C1=CC=CCC1)C1=C=C=C1. The van der Waals surface area contributed by atoms with Crippen molar-refractivity contribution in [2.45, 2.75) is 12.8 Å². The second kappa shape index (κ2) is 4.68. The molecule has 0 N–H and O–H groups in total. The summed E-state index contributed by atoms with van der Waals surface area (Å²) in [6.45, 7) is 8.03. The monoisotopic (exact) mass is 206 g/mol. The smallest absolute Gasteiger partial charge is 0.0398 e. The summed E-state index contributed by atoms with van der Waals surface area (Å²) in [5.74, 6) is 0. The number of allylic oxidation sites excluding steroid dienone is 10. The van der Waals surface area contributed by atoms with Crippen LogP contribution in [0.15, 0.2) is 83.4 Å². The lowest BCUT2D eigenvalue weighted by atomic mass is 9.97. The Bertz CT molecular complexity index is 520. The van der Waals surface area contributed by atoms with Crippen LogP contribution in [-0.4, -0.2) is 0 Å². The van der Waals surface area contributed by atoms with Crippen molar-refractivity contribution in [1.29, 1.82) is 0 Å². The van der Waals surface area contributed by atoms with Crippen molar-refractivity contribution in [2.75, 3.05) is 0 Å². The standard InChI is InChI=1S/C16H14/c1-13(15-7-4-3-5-8-15)11-12-14(2)16-9-6-10-16/h3-4,7,9,11-12H,1-2,5,8H2/b12-11-. The molecule has 0 spiro atoms. The predicted molar refractivity (Wildman–Crippen MR) is 69.0 cm³/mol. The summed E-state index contributed by atoms with van der Waals surface area (Å²) in [4.78, 5) is 0. The van der Waals surface area contributed by atoms with E-state index in [1.54, 1.807) is 0 Å². The van der Waals surface area contributed by atoms with Crippen molar-refractivity contribution in [3.05, 3.63) is 83.4 Å². The van der Waals surface area contributed by atoms with Crippen molar-refractivity contribution in [2.24, 2.45) is 0 Å². The van der Waals surface area contributed by atoms with Gasteiger partial charge in [0.2, 0.25) is 0 Å². The van der Waals surface area contributed by atoms with Gasteiger partial charge in [-0.3, -0.25) is 0 Å². The molecule has 0 saturated carbocycles. The summed E-state index contributed by atoms with van der Waals surface area (Å²) < 4.78 is 0. The van der Waals surface area contributed by atoms with Crippen molar-refractivity contribution in [1.82, 2.24) is 0 Å². The lowest BCUT2D eigenvalue weighted by molar-refractivity contribution is 0.979. The third kappa shape index (κ3) is 2.32. The van der Waals surface area contributed by atoms with E-state index in [1.807, 2.05) is 18.2 Å². The minimum atomic E-state index is 0.965. The van der Waals surface area contributed by atoms with E-state index < -0.39 is 0 Å². The zero-order chi connectivity index (χ0) is 11.4. The molecule has 2 aliphatic rings. The van der Waals surface area contributed by atoms with Crippen molar-refractivity contribution in [3.8, 4) is 0 Å². The van der Waals surface area contributed by atoms with Gasteiger partial charge in [0.25, 0.3) is 0 Å². The third-order valence-electron chi connectivity index (χ3n) is 2.68. The predicted octanol–water partition coefficient (Wildman–Crippen LogP) is 4.18. The molecule has 0 radical (unpaired) electrons. The summed E-state index contributed by atoms with van der Waals surface area (Å²) in [6.07, 6.45) is 14.5. The molecule has 0 atom stereocenters. The van der Waals surface area contributed by atoms with Crippen LogP contribution in [0.25, 0.3) is 0 Å². The Balaban J connectivity index is 1.99. The van der Waals surface area contributed by atoms with E-state index in [9.17, 15) is 0 Å². The van der Waals surface area contributed by atoms with Crippen LogP contribution in [0.1, 0.15) is 12.8 Å². The van der Waals surface area contributed by atoms with E-state index in [4.69, 9.17) is 0 Å². The van der Waals surface area contributed by atoms with Crippen LogP contribution in [0.3, 0.4) is 0 Å². The highest BCUT2D eigenvalue weighted by molar-refractivity contribution is 5.51. The largest absolute Gasteiger partial charge is 0.0915 e. The number of rotatable bonds is 4. The van der Waals surface area contributed by atoms with E-state index in [-0.39, 0.29) is 0 Å². The fourth-order valence-corrected chi connectivity index (χ4v) is 1.59. The van der Waals surface area contributed by atoms with Gasteiger partial charge in [-0.25, -0.2) is 0 Å².